The summed E-state index contributed by atoms with van der Waals surface area (Å²) in [5.41, 5.74) is 0. The van der Waals surface area contributed by atoms with Crippen LogP contribution in [0.1, 0.15) is 33.6 Å². The summed E-state index contributed by atoms with van der Waals surface area (Å²) >= 11 is 0. The summed E-state index contributed by atoms with van der Waals surface area (Å²) in [6.07, 6.45) is 7.19. The fraction of sp³-hybridized carbons (Fsp3) is 0.905. The summed E-state index contributed by atoms with van der Waals surface area (Å²) in [6, 6.07) is 0. The molecule has 29 heavy (non-hydrogen) atoms. The van der Waals surface area contributed by atoms with Gasteiger partial charge in [-0.3, -0.25) is 0 Å². The quantitative estimate of drug-likeness (QED) is 0.431. The van der Waals surface area contributed by atoms with Gasteiger partial charge in [0.05, 0.1) is 0 Å². The summed E-state index contributed by atoms with van der Waals surface area (Å²) < 4.78 is 5.48. The summed E-state index contributed by atoms with van der Waals surface area (Å²) in [6.45, 7) is 32.3. The lowest BCUT2D eigenvalue weighted by atomic mass is 9.80. The van der Waals surface area contributed by atoms with Crippen LogP contribution in [0.2, 0.25) is 70.6 Å². The predicted molar refractivity (Wildman–Crippen MR) is 147 cm³/mol. The standard InChI is InChI=1S/C10H25NSi2.C7H18BNSi.C4H9BN/c1-8-9-10-11(12(2,3)4)13(5,6)7;1-7-5-6-9(8-7)10(2,3)4;1-4-2-3-6-5-4/h8-9H,10H2,1-7H3;7-8H,5-6H2,1-4H3;4,6H,2-3H2,1H3. The molecule has 2 saturated heterocycles. The van der Waals surface area contributed by atoms with Gasteiger partial charge in [0.1, 0.15) is 24.7 Å². The highest BCUT2D eigenvalue weighted by molar-refractivity contribution is 6.89. The van der Waals surface area contributed by atoms with Crippen LogP contribution < -0.4 is 5.23 Å². The van der Waals surface area contributed by atoms with Crippen molar-refractivity contribution in [3.8, 4) is 0 Å². The van der Waals surface area contributed by atoms with Crippen LogP contribution in [0.5, 0.6) is 0 Å². The number of rotatable bonds is 5. The molecule has 0 aliphatic carbocycles. The molecular formula is C21H52B2N3Si3. The van der Waals surface area contributed by atoms with Crippen LogP contribution in [-0.4, -0.2) is 67.9 Å². The maximum atomic E-state index is 3.15. The van der Waals surface area contributed by atoms with Crippen LogP contribution in [-0.2, 0) is 0 Å². The van der Waals surface area contributed by atoms with E-state index in [0.717, 1.165) is 18.2 Å². The average molecular weight is 453 g/mol. The molecule has 1 N–H and O–H groups in total. The van der Waals surface area contributed by atoms with E-state index in [2.05, 4.69) is 113 Å². The largest absolute Gasteiger partial charge is 0.368 e. The first-order valence-corrected chi connectivity index (χ1v) is 22.1. The van der Waals surface area contributed by atoms with Crippen molar-refractivity contribution in [1.29, 1.82) is 0 Å². The van der Waals surface area contributed by atoms with Crippen molar-refractivity contribution in [3.63, 3.8) is 0 Å². The van der Waals surface area contributed by atoms with Crippen molar-refractivity contribution in [1.82, 2.24) is 13.9 Å². The number of nitrogens with zero attached hydrogens (tertiary/aromatic N) is 2. The predicted octanol–water partition coefficient (Wildman–Crippen LogP) is 5.63. The second kappa shape index (κ2) is 13.1. The molecule has 3 nitrogen and oxygen atoms in total. The Labute approximate surface area is 189 Å². The van der Waals surface area contributed by atoms with Gasteiger partial charge in [0, 0.05) is 6.54 Å². The average Bonchev–Trinajstić information content (AvgIpc) is 3.17. The SMILES string of the molecule is CC1BN([Si](C)(C)C)CC1.CC1[B]NCC1.CC=CCN([Si](C)(C)C)[Si](C)(C)C. The van der Waals surface area contributed by atoms with Crippen molar-refractivity contribution in [2.24, 2.45) is 0 Å². The van der Waals surface area contributed by atoms with Gasteiger partial charge in [-0.1, -0.05) is 96.6 Å². The normalized spacial score (nSPS) is 23.2. The second-order valence-corrected chi connectivity index (χ2v) is 27.1. The third-order valence-corrected chi connectivity index (χ3v) is 15.6. The van der Waals surface area contributed by atoms with E-state index >= 15 is 0 Å². The Morgan fingerprint density at radius 2 is 1.55 bits per heavy atom. The molecule has 0 aromatic rings. The van der Waals surface area contributed by atoms with E-state index in [9.17, 15) is 0 Å². The molecule has 0 aromatic carbocycles. The van der Waals surface area contributed by atoms with Crippen molar-refractivity contribution >= 4 is 39.5 Å². The highest BCUT2D eigenvalue weighted by atomic mass is 28.4. The van der Waals surface area contributed by atoms with Gasteiger partial charge >= 0.3 is 0 Å². The van der Waals surface area contributed by atoms with Gasteiger partial charge in [0.2, 0.25) is 7.41 Å². The second-order valence-electron chi connectivity index (χ2n) is 11.9. The zero-order chi connectivity index (χ0) is 22.9. The monoisotopic (exact) mass is 452 g/mol. The molecule has 0 bridgehead atoms. The minimum atomic E-state index is -1.12. The van der Waals surface area contributed by atoms with E-state index < -0.39 is 24.7 Å². The van der Waals surface area contributed by atoms with E-state index in [1.165, 1.54) is 33.3 Å². The first-order valence-electron chi connectivity index (χ1n) is 11.8. The molecule has 0 spiro atoms. The number of hydrogen-bond acceptors (Lipinski definition) is 3. The number of nitrogens with one attached hydrogen (secondary N) is 1. The maximum Gasteiger partial charge on any atom is 0.208 e. The molecule has 2 heterocycles. The fourth-order valence-electron chi connectivity index (χ4n) is 3.99. The molecule has 0 amide bonds. The van der Waals surface area contributed by atoms with E-state index in [0.29, 0.717) is 0 Å². The zero-order valence-electron chi connectivity index (χ0n) is 22.0. The summed E-state index contributed by atoms with van der Waals surface area (Å²) in [5, 5.41) is 3.15. The van der Waals surface area contributed by atoms with E-state index in [1.807, 2.05) is 0 Å². The van der Waals surface area contributed by atoms with Crippen LogP contribution in [0.15, 0.2) is 12.2 Å². The minimum Gasteiger partial charge on any atom is -0.368 e. The van der Waals surface area contributed by atoms with E-state index in [1.54, 1.807) is 0 Å². The van der Waals surface area contributed by atoms with Crippen LogP contribution in [0.3, 0.4) is 0 Å². The van der Waals surface area contributed by atoms with Crippen LogP contribution in [0, 0.1) is 0 Å². The molecule has 1 radical (unpaired) electrons. The van der Waals surface area contributed by atoms with Crippen molar-refractivity contribution in [3.05, 3.63) is 12.2 Å². The number of hydrogen-bond donors (Lipinski definition) is 1. The molecule has 2 fully saturated rings. The maximum absolute atomic E-state index is 3.15. The highest BCUT2D eigenvalue weighted by Gasteiger charge is 2.33. The van der Waals surface area contributed by atoms with Crippen molar-refractivity contribution in [2.75, 3.05) is 19.6 Å². The van der Waals surface area contributed by atoms with Crippen LogP contribution >= 0.6 is 0 Å². The Kier molecular flexibility index (Phi) is 13.2. The lowest BCUT2D eigenvalue weighted by molar-refractivity contribution is 0.670. The topological polar surface area (TPSA) is 18.5 Å². The van der Waals surface area contributed by atoms with Gasteiger partial charge < -0.3 is 13.9 Å². The summed E-state index contributed by atoms with van der Waals surface area (Å²) in [7, 11) is 0.346. The molecule has 2 unspecified atom stereocenters. The molecule has 0 aromatic heterocycles. The summed E-state index contributed by atoms with van der Waals surface area (Å²) in [4.78, 5) is 0. The Hall–Kier alpha value is 0.401. The molecule has 8 heteroatoms. The molecular weight excluding hydrogens is 400 g/mol. The first kappa shape index (κ1) is 29.4. The lowest BCUT2D eigenvalue weighted by Gasteiger charge is -2.42. The Morgan fingerprint density at radius 3 is 1.76 bits per heavy atom. The van der Waals surface area contributed by atoms with E-state index in [4.69, 9.17) is 0 Å². The fourth-order valence-corrected chi connectivity index (χ4v) is 15.0. The Bertz CT molecular complexity index is 451. The molecule has 2 aliphatic rings. The molecule has 2 aliphatic heterocycles. The molecule has 2 rings (SSSR count). The van der Waals surface area contributed by atoms with Crippen molar-refractivity contribution in [2.45, 2.75) is 104 Å². The third kappa shape index (κ3) is 13.4. The van der Waals surface area contributed by atoms with Gasteiger partial charge in [-0.2, -0.15) is 0 Å². The Balaban J connectivity index is 0.000000430. The van der Waals surface area contributed by atoms with Gasteiger partial charge in [-0.25, -0.2) is 0 Å². The number of allylic oxidation sites excluding steroid dienone is 1. The van der Waals surface area contributed by atoms with E-state index in [-0.39, 0.29) is 0 Å². The first-order chi connectivity index (χ1) is 13.1. The van der Waals surface area contributed by atoms with Gasteiger partial charge in [-0.15, -0.1) is 0 Å². The smallest absolute Gasteiger partial charge is 0.208 e. The third-order valence-electron chi connectivity index (χ3n) is 5.66. The molecule has 169 valence electrons. The molecule has 2 atom stereocenters. The Morgan fingerprint density at radius 1 is 1.00 bits per heavy atom. The van der Waals surface area contributed by atoms with Gasteiger partial charge in [0.15, 0.2) is 7.41 Å². The highest BCUT2D eigenvalue weighted by Crippen LogP contribution is 2.23. The zero-order valence-corrected chi connectivity index (χ0v) is 25.0. The van der Waals surface area contributed by atoms with Crippen LogP contribution in [0.25, 0.3) is 0 Å². The molecule has 0 saturated carbocycles. The van der Waals surface area contributed by atoms with Gasteiger partial charge in [0.25, 0.3) is 0 Å². The lowest BCUT2D eigenvalue weighted by Crippen LogP contribution is -2.58. The summed E-state index contributed by atoms with van der Waals surface area (Å²) in [5.74, 6) is 1.76. The minimum absolute atomic E-state index is 0.810. The van der Waals surface area contributed by atoms with Crippen molar-refractivity contribution < 1.29 is 0 Å². The van der Waals surface area contributed by atoms with Crippen LogP contribution in [0.4, 0.5) is 0 Å². The van der Waals surface area contributed by atoms with Gasteiger partial charge in [-0.05, 0) is 32.9 Å².